The lowest BCUT2D eigenvalue weighted by molar-refractivity contribution is 0.593. The van der Waals surface area contributed by atoms with Gasteiger partial charge in [-0.05, 0) is 19.1 Å². The zero-order chi connectivity index (χ0) is 12.3. The Labute approximate surface area is 97.5 Å². The second-order valence-electron chi connectivity index (χ2n) is 3.47. The predicted molar refractivity (Wildman–Crippen MR) is 64.0 cm³/mol. The number of aryl methyl sites for hydroxylation is 1. The first-order chi connectivity index (χ1) is 7.33. The Bertz CT molecular complexity index is 541. The van der Waals surface area contributed by atoms with Gasteiger partial charge in [-0.2, -0.15) is 8.42 Å². The molecule has 0 bridgehead atoms. The maximum Gasteiger partial charge on any atom is 0.290 e. The van der Waals surface area contributed by atoms with Gasteiger partial charge < -0.3 is 0 Å². The topological polar surface area (TPSA) is 66.8 Å². The number of nitrogens with zero attached hydrogens (tertiary/aromatic N) is 2. The minimum Gasteiger partial charge on any atom is -0.236 e. The van der Waals surface area contributed by atoms with Crippen molar-refractivity contribution in [3.63, 3.8) is 0 Å². The Morgan fingerprint density at radius 1 is 1.19 bits per heavy atom. The second kappa shape index (κ2) is 4.94. The van der Waals surface area contributed by atoms with Gasteiger partial charge in [0.1, 0.15) is 10.8 Å². The fourth-order valence-corrected chi connectivity index (χ4v) is 3.10. The number of thiol groups is 1. The third kappa shape index (κ3) is 3.29. The highest BCUT2D eigenvalue weighted by Crippen LogP contribution is 2.13. The summed E-state index contributed by atoms with van der Waals surface area (Å²) in [6, 6.07) is 6.25. The quantitative estimate of drug-likeness (QED) is 0.820. The molecule has 1 rings (SSSR count). The molecular weight excluding hydrogens is 248 g/mol. The monoisotopic (exact) mass is 262 g/mol. The molecule has 7 heteroatoms. The largest absolute Gasteiger partial charge is 0.290 e. The molecule has 0 heterocycles. The molecule has 0 spiro atoms. The van der Waals surface area contributed by atoms with Crippen LogP contribution < -0.4 is 0 Å². The lowest BCUT2D eigenvalue weighted by Gasteiger charge is -2.02. The number of rotatable bonds is 3. The van der Waals surface area contributed by atoms with Crippen LogP contribution >= 0.6 is 0 Å². The first kappa shape index (κ1) is 13.1. The molecule has 0 saturated heterocycles. The van der Waals surface area contributed by atoms with Crippen molar-refractivity contribution in [2.24, 2.45) is 3.77 Å². The van der Waals surface area contributed by atoms with Crippen LogP contribution in [0.3, 0.4) is 0 Å². The third-order valence-electron chi connectivity index (χ3n) is 1.84. The molecular formula is C9H14N2O3S2. The van der Waals surface area contributed by atoms with Gasteiger partial charge in [-0.25, -0.2) is 8.51 Å². The van der Waals surface area contributed by atoms with Gasteiger partial charge in [-0.3, -0.25) is 0 Å². The van der Waals surface area contributed by atoms with Gasteiger partial charge in [0, 0.05) is 14.1 Å². The molecule has 0 aliphatic carbocycles. The van der Waals surface area contributed by atoms with E-state index in [1.54, 1.807) is 12.1 Å². The lowest BCUT2D eigenvalue weighted by Crippen LogP contribution is -2.10. The first-order valence-corrected chi connectivity index (χ1v) is 7.12. The van der Waals surface area contributed by atoms with E-state index in [1.165, 1.54) is 30.5 Å². The lowest BCUT2D eigenvalue weighted by atomic mass is 10.2. The molecule has 1 unspecified atom stereocenters. The van der Waals surface area contributed by atoms with E-state index in [0.29, 0.717) is 0 Å². The fraction of sp³-hybridized carbons (Fsp3) is 0.333. The molecule has 0 aliphatic heterocycles. The van der Waals surface area contributed by atoms with Crippen LogP contribution in [0.4, 0.5) is 0 Å². The molecule has 0 saturated carbocycles. The van der Waals surface area contributed by atoms with Crippen molar-refractivity contribution in [2.45, 2.75) is 11.8 Å². The van der Waals surface area contributed by atoms with Gasteiger partial charge in [0.25, 0.3) is 10.0 Å². The highest BCUT2D eigenvalue weighted by molar-refractivity contribution is 7.95. The van der Waals surface area contributed by atoms with Crippen molar-refractivity contribution in [2.75, 3.05) is 14.1 Å². The van der Waals surface area contributed by atoms with Gasteiger partial charge >= 0.3 is 0 Å². The van der Waals surface area contributed by atoms with E-state index < -0.39 is 20.8 Å². The Balaban J connectivity index is 3.18. The second-order valence-corrected chi connectivity index (χ2v) is 6.85. The summed E-state index contributed by atoms with van der Waals surface area (Å²) < 4.78 is 39.3. The van der Waals surface area contributed by atoms with Gasteiger partial charge in [0.15, 0.2) is 0 Å². The van der Waals surface area contributed by atoms with Crippen LogP contribution in [0.15, 0.2) is 32.9 Å². The molecule has 0 fully saturated rings. The summed E-state index contributed by atoms with van der Waals surface area (Å²) in [6.07, 6.45) is 0. The van der Waals surface area contributed by atoms with Crippen LogP contribution in [-0.4, -0.2) is 31.0 Å². The summed E-state index contributed by atoms with van der Waals surface area (Å²) in [4.78, 5) is 0.0586. The summed E-state index contributed by atoms with van der Waals surface area (Å²) in [5, 5.41) is 0. The maximum atomic E-state index is 11.7. The van der Waals surface area contributed by atoms with Gasteiger partial charge in [-0.1, -0.05) is 21.5 Å². The van der Waals surface area contributed by atoms with Crippen LogP contribution in [-0.2, 0) is 20.8 Å². The number of hydrogen-bond donors (Lipinski definition) is 1. The Kier molecular flexibility index (Phi) is 4.06. The minimum atomic E-state index is -3.82. The van der Waals surface area contributed by atoms with Crippen molar-refractivity contribution in [1.29, 1.82) is 0 Å². The van der Waals surface area contributed by atoms with E-state index in [0.717, 1.165) is 5.56 Å². The molecule has 0 aromatic heterocycles. The Morgan fingerprint density at radius 3 is 2.12 bits per heavy atom. The van der Waals surface area contributed by atoms with Gasteiger partial charge in [0.2, 0.25) is 0 Å². The standard InChI is InChI=1S/C9H14N2O3S2/c1-8-4-6-9(7-5-8)16(13,14)10-15(12)11(2)3/h4-7,15H,1-3H3. The van der Waals surface area contributed by atoms with Crippen LogP contribution in [0.5, 0.6) is 0 Å². The van der Waals surface area contributed by atoms with E-state index in [-0.39, 0.29) is 4.90 Å². The predicted octanol–water partition coefficient (Wildman–Crippen LogP) is 0.825. The third-order valence-corrected chi connectivity index (χ3v) is 4.81. The van der Waals surface area contributed by atoms with Crippen molar-refractivity contribution < 1.29 is 12.6 Å². The summed E-state index contributed by atoms with van der Waals surface area (Å²) in [5.41, 5.74) is 0.955. The van der Waals surface area contributed by atoms with Crippen molar-refractivity contribution in [3.8, 4) is 0 Å². The number of sulfonamides is 1. The molecule has 90 valence electrons. The average molecular weight is 262 g/mol. The summed E-state index contributed by atoms with van der Waals surface area (Å²) in [7, 11) is -3.05. The minimum absolute atomic E-state index is 0.0586. The molecule has 1 aromatic carbocycles. The van der Waals surface area contributed by atoms with E-state index >= 15 is 0 Å². The summed E-state index contributed by atoms with van der Waals surface area (Å²) in [6.45, 7) is 1.86. The van der Waals surface area contributed by atoms with E-state index in [1.807, 2.05) is 6.92 Å². The highest BCUT2D eigenvalue weighted by Gasteiger charge is 2.12. The summed E-state index contributed by atoms with van der Waals surface area (Å²) in [5.74, 6) is 0. The van der Waals surface area contributed by atoms with Crippen molar-refractivity contribution in [1.82, 2.24) is 4.31 Å². The molecule has 1 atom stereocenters. The fourth-order valence-electron chi connectivity index (χ4n) is 0.922. The smallest absolute Gasteiger partial charge is 0.236 e. The Morgan fingerprint density at radius 2 is 1.69 bits per heavy atom. The molecule has 0 amide bonds. The number of benzene rings is 1. The average Bonchev–Trinajstić information content (AvgIpc) is 2.17. The normalized spacial score (nSPS) is 14.2. The molecule has 0 aliphatic rings. The SMILES string of the molecule is Cc1ccc(S(=O)(=O)/N=[SH](=O)\N(C)C)cc1. The zero-order valence-corrected chi connectivity index (χ0v) is 11.0. The Hall–Kier alpha value is -0.920. The highest BCUT2D eigenvalue weighted by atomic mass is 32.3. The van der Waals surface area contributed by atoms with E-state index in [2.05, 4.69) is 3.77 Å². The molecule has 0 N–H and O–H groups in total. The van der Waals surface area contributed by atoms with Crippen LogP contribution in [0.1, 0.15) is 5.56 Å². The van der Waals surface area contributed by atoms with Crippen LogP contribution in [0, 0.1) is 6.92 Å². The van der Waals surface area contributed by atoms with Crippen LogP contribution in [0.25, 0.3) is 0 Å². The van der Waals surface area contributed by atoms with E-state index in [9.17, 15) is 12.6 Å². The van der Waals surface area contributed by atoms with E-state index in [4.69, 9.17) is 0 Å². The first-order valence-electron chi connectivity index (χ1n) is 4.52. The van der Waals surface area contributed by atoms with Gasteiger partial charge in [-0.15, -0.1) is 0 Å². The van der Waals surface area contributed by atoms with Crippen molar-refractivity contribution in [3.05, 3.63) is 29.8 Å². The molecule has 1 aromatic rings. The molecule has 5 nitrogen and oxygen atoms in total. The maximum absolute atomic E-state index is 11.7. The molecule has 16 heavy (non-hydrogen) atoms. The van der Waals surface area contributed by atoms with Gasteiger partial charge in [0.05, 0.1) is 4.90 Å². The van der Waals surface area contributed by atoms with Crippen molar-refractivity contribution >= 4 is 20.8 Å². The number of hydrogen-bond acceptors (Lipinski definition) is 3. The zero-order valence-electron chi connectivity index (χ0n) is 9.28. The van der Waals surface area contributed by atoms with Crippen LogP contribution in [0.2, 0.25) is 0 Å². The summed E-state index contributed by atoms with van der Waals surface area (Å²) >= 11 is 0. The molecule has 0 radical (unpaired) electrons.